The molecule has 4 rings (SSSR count). The summed E-state index contributed by atoms with van der Waals surface area (Å²) in [5, 5.41) is 6.83. The van der Waals surface area contributed by atoms with E-state index in [0.717, 1.165) is 44.1 Å². The molecule has 0 amide bonds. The van der Waals surface area contributed by atoms with Crippen LogP contribution >= 0.6 is 11.6 Å². The Hall–Kier alpha value is -3.49. The van der Waals surface area contributed by atoms with E-state index in [0.29, 0.717) is 40.5 Å². The molecule has 1 aliphatic rings. The maximum Gasteiger partial charge on any atom is 0.332 e. The van der Waals surface area contributed by atoms with E-state index in [4.69, 9.17) is 25.8 Å². The van der Waals surface area contributed by atoms with Crippen molar-refractivity contribution in [2.75, 3.05) is 86.2 Å². The first-order valence-electron chi connectivity index (χ1n) is 14.6. The van der Waals surface area contributed by atoms with Crippen molar-refractivity contribution < 1.29 is 23.6 Å². The number of hydrogen-bond acceptors (Lipinski definition) is 12. The molecule has 0 spiro atoms. The van der Waals surface area contributed by atoms with Gasteiger partial charge in [0.05, 0.1) is 49.7 Å². The quantitative estimate of drug-likeness (QED) is 0.148. The normalized spacial score (nSPS) is 14.5. The van der Waals surface area contributed by atoms with Crippen LogP contribution in [-0.2, 0) is 25.6 Å². The van der Waals surface area contributed by atoms with Crippen LogP contribution in [0.5, 0.6) is 5.75 Å². The average Bonchev–Trinajstić information content (AvgIpc) is 3.00. The molecule has 0 aliphatic carbocycles. The largest absolute Gasteiger partial charge is 0.593 e. The zero-order chi connectivity index (χ0) is 32.6. The van der Waals surface area contributed by atoms with Gasteiger partial charge >= 0.3 is 5.97 Å². The lowest BCUT2D eigenvalue weighted by Gasteiger charge is -2.36. The molecule has 0 saturated carbocycles. The highest BCUT2D eigenvalue weighted by Crippen LogP contribution is 2.34. The average molecular weight is 660 g/mol. The second-order valence-corrected chi connectivity index (χ2v) is 13.2. The van der Waals surface area contributed by atoms with Crippen LogP contribution in [-0.4, -0.2) is 97.3 Å². The van der Waals surface area contributed by atoms with E-state index in [1.54, 1.807) is 24.7 Å². The van der Waals surface area contributed by atoms with E-state index >= 15 is 0 Å². The Morgan fingerprint density at radius 1 is 1.11 bits per heavy atom. The molecule has 2 aromatic carbocycles. The third-order valence-corrected chi connectivity index (χ3v) is 8.23. The second-order valence-electron chi connectivity index (χ2n) is 11.4. The van der Waals surface area contributed by atoms with Crippen molar-refractivity contribution in [3.05, 3.63) is 53.7 Å². The van der Waals surface area contributed by atoms with Crippen LogP contribution in [0.3, 0.4) is 0 Å². The summed E-state index contributed by atoms with van der Waals surface area (Å²) in [5.74, 6) is 1.04. The Labute approximate surface area is 273 Å². The van der Waals surface area contributed by atoms with Gasteiger partial charge in [-0.25, -0.2) is 9.78 Å². The van der Waals surface area contributed by atoms with E-state index in [2.05, 4.69) is 30.4 Å². The van der Waals surface area contributed by atoms with E-state index in [1.165, 1.54) is 6.20 Å². The van der Waals surface area contributed by atoms with Gasteiger partial charge in [-0.15, -0.1) is 0 Å². The molecular formula is C31H42ClN7O5S. The highest BCUT2D eigenvalue weighted by atomic mass is 35.5. The molecule has 14 heteroatoms. The molecular weight excluding hydrogens is 618 g/mol. The van der Waals surface area contributed by atoms with Crippen molar-refractivity contribution in [1.82, 2.24) is 14.9 Å². The summed E-state index contributed by atoms with van der Waals surface area (Å²) in [6, 6.07) is 13.5. The summed E-state index contributed by atoms with van der Waals surface area (Å²) in [4.78, 5) is 25.4. The zero-order valence-electron chi connectivity index (χ0n) is 26.6. The number of carbonyl (C=O) groups excluding carboxylic acids is 1. The van der Waals surface area contributed by atoms with Crippen LogP contribution < -0.4 is 24.6 Å². The van der Waals surface area contributed by atoms with E-state index in [-0.39, 0.29) is 12.6 Å². The van der Waals surface area contributed by atoms with Gasteiger partial charge in [-0.05, 0) is 45.0 Å². The van der Waals surface area contributed by atoms with Crippen molar-refractivity contribution in [2.45, 2.75) is 26.4 Å². The number of nitrogens with one attached hydrogen (secondary N) is 2. The highest BCUT2D eigenvalue weighted by molar-refractivity contribution is 7.92. The topological polar surface area (TPSA) is 127 Å². The summed E-state index contributed by atoms with van der Waals surface area (Å²) in [5.41, 5.74) is 2.69. The molecule has 1 atom stereocenters. The van der Waals surface area contributed by atoms with Gasteiger partial charge in [0.1, 0.15) is 34.9 Å². The monoisotopic (exact) mass is 659 g/mol. The minimum atomic E-state index is -1.21. The Balaban J connectivity index is 1.34. The second kappa shape index (κ2) is 15.7. The van der Waals surface area contributed by atoms with Crippen LogP contribution in [0.4, 0.5) is 34.5 Å². The van der Waals surface area contributed by atoms with Gasteiger partial charge in [-0.2, -0.15) is 9.29 Å². The Morgan fingerprint density at radius 2 is 1.84 bits per heavy atom. The number of piperazine rings is 1. The number of methoxy groups -OCH3 is 1. The van der Waals surface area contributed by atoms with E-state index in [9.17, 15) is 9.35 Å². The summed E-state index contributed by atoms with van der Waals surface area (Å²) < 4.78 is 30.3. The molecule has 2 heterocycles. The molecule has 1 saturated heterocycles. The Morgan fingerprint density at radius 3 is 2.53 bits per heavy atom. The standard InChI is InChI=1S/C31H42ClN7O5S/c1-31(2,3)44-28(40)21-43-18-17-38-13-15-39(16-14-38)22-11-12-25(27(19-22)42-5)35-30-33-20-23(32)29(36-30)34-24-9-7-8-10-26(24)37(4)45(6)41/h7-12,19-20H,13-18,21H2,1-6H3,(H2,33,34,35,36). The maximum absolute atomic E-state index is 12.1. The zero-order valence-corrected chi connectivity index (χ0v) is 28.2. The number of benzene rings is 2. The molecule has 244 valence electrons. The molecule has 3 aromatic rings. The van der Waals surface area contributed by atoms with Gasteiger partial charge in [0.2, 0.25) is 5.95 Å². The maximum atomic E-state index is 12.1. The summed E-state index contributed by atoms with van der Waals surface area (Å²) in [6.07, 6.45) is 3.13. The lowest BCUT2D eigenvalue weighted by atomic mass is 10.2. The van der Waals surface area contributed by atoms with Crippen LogP contribution in [0, 0.1) is 0 Å². The molecule has 0 radical (unpaired) electrons. The van der Waals surface area contributed by atoms with Gasteiger partial charge in [0.25, 0.3) is 0 Å². The van der Waals surface area contributed by atoms with Crippen molar-refractivity contribution in [1.29, 1.82) is 0 Å². The molecule has 1 fully saturated rings. The highest BCUT2D eigenvalue weighted by Gasteiger charge is 2.20. The number of halogens is 1. The molecule has 0 bridgehead atoms. The molecule has 1 aromatic heterocycles. The molecule has 1 unspecified atom stereocenters. The van der Waals surface area contributed by atoms with Crippen molar-refractivity contribution in [2.24, 2.45) is 0 Å². The van der Waals surface area contributed by atoms with E-state index in [1.807, 2.05) is 63.2 Å². The van der Waals surface area contributed by atoms with Crippen LogP contribution in [0.2, 0.25) is 5.02 Å². The number of rotatable bonds is 13. The molecule has 2 N–H and O–H groups in total. The van der Waals surface area contributed by atoms with Crippen molar-refractivity contribution in [3.8, 4) is 5.75 Å². The fourth-order valence-corrected chi connectivity index (χ4v) is 5.26. The number of para-hydroxylation sites is 2. The lowest BCUT2D eigenvalue weighted by molar-refractivity contribution is -0.160. The third-order valence-electron chi connectivity index (χ3n) is 6.99. The molecule has 12 nitrogen and oxygen atoms in total. The van der Waals surface area contributed by atoms with Gasteiger partial charge in [-0.3, -0.25) is 4.90 Å². The van der Waals surface area contributed by atoms with E-state index < -0.39 is 17.0 Å². The first-order chi connectivity index (χ1) is 21.4. The predicted molar refractivity (Wildman–Crippen MR) is 181 cm³/mol. The Kier molecular flexibility index (Phi) is 12.0. The first-order valence-corrected chi connectivity index (χ1v) is 16.5. The lowest BCUT2D eigenvalue weighted by Crippen LogP contribution is -2.47. The number of carbonyl (C=O) groups is 1. The number of nitrogens with zero attached hydrogens (tertiary/aromatic N) is 5. The number of ether oxygens (including phenoxy) is 3. The molecule has 1 aliphatic heterocycles. The fourth-order valence-electron chi connectivity index (χ4n) is 4.69. The fraction of sp³-hybridized carbons (Fsp3) is 0.452. The minimum absolute atomic E-state index is 0.0377. The summed E-state index contributed by atoms with van der Waals surface area (Å²) in [6.45, 7) is 10.1. The number of aromatic nitrogens is 2. The smallest absolute Gasteiger partial charge is 0.332 e. The van der Waals surface area contributed by atoms with Crippen LogP contribution in [0.15, 0.2) is 48.7 Å². The minimum Gasteiger partial charge on any atom is -0.593 e. The van der Waals surface area contributed by atoms with Crippen LogP contribution in [0.1, 0.15) is 20.8 Å². The van der Waals surface area contributed by atoms with Gasteiger partial charge in [0, 0.05) is 44.5 Å². The van der Waals surface area contributed by atoms with Gasteiger partial charge in [0.15, 0.2) is 5.82 Å². The first kappa shape index (κ1) is 34.4. The van der Waals surface area contributed by atoms with Crippen molar-refractivity contribution in [3.63, 3.8) is 0 Å². The van der Waals surface area contributed by atoms with Crippen LogP contribution in [0.25, 0.3) is 0 Å². The summed E-state index contributed by atoms with van der Waals surface area (Å²) in [7, 11) is 3.38. The SMILES string of the molecule is COc1cc(N2CCN(CCOCC(=O)OC(C)(C)C)CC2)ccc1Nc1ncc(Cl)c(Nc2ccccc2N(C)[S+](C)[O-])n1. The Bertz CT molecular complexity index is 1430. The third kappa shape index (κ3) is 10.00. The summed E-state index contributed by atoms with van der Waals surface area (Å²) >= 11 is 5.23. The number of esters is 1. The van der Waals surface area contributed by atoms with Gasteiger partial charge < -0.3 is 34.3 Å². The predicted octanol–water partition coefficient (Wildman–Crippen LogP) is 4.84. The van der Waals surface area contributed by atoms with Gasteiger partial charge in [-0.1, -0.05) is 23.7 Å². The number of anilines is 6. The van der Waals surface area contributed by atoms with Crippen molar-refractivity contribution >= 4 is 63.4 Å². The molecule has 45 heavy (non-hydrogen) atoms. The number of hydrogen-bond donors (Lipinski definition) is 2.